The van der Waals surface area contributed by atoms with E-state index >= 15 is 0 Å². The highest BCUT2D eigenvalue weighted by molar-refractivity contribution is 7.09. The van der Waals surface area contributed by atoms with E-state index in [1.807, 2.05) is 47.8 Å². The highest BCUT2D eigenvalue weighted by Gasteiger charge is 2.46. The van der Waals surface area contributed by atoms with Crippen molar-refractivity contribution in [2.24, 2.45) is 0 Å². The number of amides is 3. The quantitative estimate of drug-likeness (QED) is 0.575. The lowest BCUT2D eigenvalue weighted by Gasteiger charge is -2.40. The van der Waals surface area contributed by atoms with E-state index in [0.717, 1.165) is 12.0 Å². The molecule has 0 bridgehead atoms. The van der Waals surface area contributed by atoms with Crippen LogP contribution in [0.3, 0.4) is 0 Å². The van der Waals surface area contributed by atoms with Crippen molar-refractivity contribution in [2.75, 3.05) is 13.6 Å². The van der Waals surface area contributed by atoms with Gasteiger partial charge in [-0.1, -0.05) is 36.4 Å². The van der Waals surface area contributed by atoms with Crippen LogP contribution in [0.2, 0.25) is 0 Å². The normalized spacial score (nSPS) is 17.7. The second-order valence-corrected chi connectivity index (χ2v) is 9.00. The molecule has 3 heterocycles. The fraction of sp³-hybridized carbons (Fsp3) is 0.304. The Morgan fingerprint density at radius 2 is 1.94 bits per heavy atom. The summed E-state index contributed by atoms with van der Waals surface area (Å²) in [6.45, 7) is 2.71. The largest absolute Gasteiger partial charge is 0.350 e. The molecule has 32 heavy (non-hydrogen) atoms. The molecule has 0 fully saturated rings. The maximum atomic E-state index is 13.0. The number of carbonyl (C=O) groups excluding carboxylic acids is 3. The number of nitrogens with zero attached hydrogens (tertiary/aromatic N) is 3. The Hall–Kier alpha value is -3.46. The number of carbonyl (C=O) groups is 3. The lowest BCUT2D eigenvalue weighted by Crippen LogP contribution is -2.62. The van der Waals surface area contributed by atoms with Crippen molar-refractivity contribution in [3.05, 3.63) is 75.7 Å². The van der Waals surface area contributed by atoms with Crippen LogP contribution in [0.15, 0.2) is 53.9 Å². The molecule has 2 N–H and O–H groups in total. The standard InChI is InChI=1S/C23H25N5O3S/c1-23(22(31)25-14-16-7-4-3-5-8-16)15-28-19(21(30)27(23)2)13-18(26-28)20(29)24-11-10-17-9-6-12-32-17/h3-9,12-13H,10-11,14-15H2,1-2H3,(H,24,29)(H,25,31)/t23-/m1/s1. The van der Waals surface area contributed by atoms with E-state index in [0.29, 0.717) is 18.8 Å². The van der Waals surface area contributed by atoms with Crippen molar-refractivity contribution in [1.82, 2.24) is 25.3 Å². The average Bonchev–Trinajstić information content (AvgIpc) is 3.46. The van der Waals surface area contributed by atoms with E-state index < -0.39 is 5.54 Å². The number of benzene rings is 1. The molecule has 1 aromatic carbocycles. The van der Waals surface area contributed by atoms with Gasteiger partial charge in [-0.25, -0.2) is 0 Å². The molecule has 0 spiro atoms. The zero-order valence-electron chi connectivity index (χ0n) is 18.0. The minimum atomic E-state index is -1.13. The van der Waals surface area contributed by atoms with Crippen molar-refractivity contribution in [3.63, 3.8) is 0 Å². The van der Waals surface area contributed by atoms with E-state index in [1.165, 1.54) is 20.5 Å². The molecule has 0 saturated heterocycles. The van der Waals surface area contributed by atoms with Crippen molar-refractivity contribution in [1.29, 1.82) is 0 Å². The van der Waals surface area contributed by atoms with Crippen molar-refractivity contribution < 1.29 is 14.4 Å². The maximum Gasteiger partial charge on any atom is 0.272 e. The van der Waals surface area contributed by atoms with Gasteiger partial charge in [-0.05, 0) is 30.4 Å². The number of hydrogen-bond donors (Lipinski definition) is 2. The molecular formula is C23H25N5O3S. The summed E-state index contributed by atoms with van der Waals surface area (Å²) in [7, 11) is 1.60. The van der Waals surface area contributed by atoms with Gasteiger partial charge in [0.25, 0.3) is 11.8 Å². The zero-order chi connectivity index (χ0) is 22.7. The smallest absolute Gasteiger partial charge is 0.272 e. The number of nitrogens with one attached hydrogen (secondary N) is 2. The van der Waals surface area contributed by atoms with Crippen LogP contribution in [0.25, 0.3) is 0 Å². The molecule has 9 heteroatoms. The highest BCUT2D eigenvalue weighted by atomic mass is 32.1. The molecule has 0 unspecified atom stereocenters. The van der Waals surface area contributed by atoms with Gasteiger partial charge in [0.05, 0.1) is 6.54 Å². The lowest BCUT2D eigenvalue weighted by molar-refractivity contribution is -0.132. The molecule has 3 aromatic rings. The van der Waals surface area contributed by atoms with E-state index in [-0.39, 0.29) is 30.0 Å². The molecule has 2 aromatic heterocycles. The number of hydrogen-bond acceptors (Lipinski definition) is 5. The minimum Gasteiger partial charge on any atom is -0.350 e. The summed E-state index contributed by atoms with van der Waals surface area (Å²) in [5.41, 5.74) is 0.305. The molecule has 0 radical (unpaired) electrons. The van der Waals surface area contributed by atoms with Gasteiger partial charge in [-0.15, -0.1) is 11.3 Å². The fourth-order valence-electron chi connectivity index (χ4n) is 3.65. The van der Waals surface area contributed by atoms with Gasteiger partial charge in [0, 0.05) is 31.1 Å². The van der Waals surface area contributed by atoms with Crippen molar-refractivity contribution in [2.45, 2.75) is 32.0 Å². The summed E-state index contributed by atoms with van der Waals surface area (Å²) >= 11 is 1.64. The summed E-state index contributed by atoms with van der Waals surface area (Å²) in [5.74, 6) is -0.965. The van der Waals surface area contributed by atoms with Crippen LogP contribution >= 0.6 is 11.3 Å². The number of aromatic nitrogens is 2. The molecule has 4 rings (SSSR count). The molecule has 0 aliphatic carbocycles. The number of likely N-dealkylation sites (N-methyl/N-ethyl adjacent to an activating group) is 1. The van der Waals surface area contributed by atoms with E-state index in [2.05, 4.69) is 15.7 Å². The first kappa shape index (κ1) is 21.8. The molecule has 1 atom stereocenters. The third-order valence-corrected chi connectivity index (χ3v) is 6.69. The molecule has 166 valence electrons. The van der Waals surface area contributed by atoms with Gasteiger partial charge < -0.3 is 15.5 Å². The van der Waals surface area contributed by atoms with Crippen molar-refractivity contribution >= 4 is 29.1 Å². The lowest BCUT2D eigenvalue weighted by atomic mass is 9.96. The number of rotatable bonds is 7. The summed E-state index contributed by atoms with van der Waals surface area (Å²) in [6, 6.07) is 15.0. The SMILES string of the molecule is CN1C(=O)c2cc(C(=O)NCCc3cccs3)nn2C[C@]1(C)C(=O)NCc1ccccc1. The first-order chi connectivity index (χ1) is 15.4. The Morgan fingerprint density at radius 3 is 2.66 bits per heavy atom. The first-order valence-corrected chi connectivity index (χ1v) is 11.3. The summed E-state index contributed by atoms with van der Waals surface area (Å²) in [6.07, 6.45) is 0.734. The van der Waals surface area contributed by atoms with Crippen LogP contribution in [0.5, 0.6) is 0 Å². The van der Waals surface area contributed by atoms with E-state index in [4.69, 9.17) is 0 Å². The summed E-state index contributed by atoms with van der Waals surface area (Å²) in [5, 5.41) is 12.1. The first-order valence-electron chi connectivity index (χ1n) is 10.4. The summed E-state index contributed by atoms with van der Waals surface area (Å²) < 4.78 is 1.46. The summed E-state index contributed by atoms with van der Waals surface area (Å²) in [4.78, 5) is 41.1. The van der Waals surface area contributed by atoms with Crippen LogP contribution in [0.4, 0.5) is 0 Å². The molecule has 0 saturated carbocycles. The molecular weight excluding hydrogens is 426 g/mol. The Morgan fingerprint density at radius 1 is 1.16 bits per heavy atom. The van der Waals surface area contributed by atoms with Gasteiger partial charge >= 0.3 is 0 Å². The Kier molecular flexibility index (Phi) is 6.09. The Balaban J connectivity index is 1.44. The highest BCUT2D eigenvalue weighted by Crippen LogP contribution is 2.26. The topological polar surface area (TPSA) is 96.3 Å². The second kappa shape index (κ2) is 8.96. The second-order valence-electron chi connectivity index (χ2n) is 7.96. The van der Waals surface area contributed by atoms with Gasteiger partial charge in [-0.2, -0.15) is 5.10 Å². The van der Waals surface area contributed by atoms with Gasteiger partial charge in [0.1, 0.15) is 11.2 Å². The molecule has 8 nitrogen and oxygen atoms in total. The third-order valence-electron chi connectivity index (χ3n) is 5.76. The van der Waals surface area contributed by atoms with E-state index in [1.54, 1.807) is 25.3 Å². The third kappa shape index (κ3) is 4.29. The zero-order valence-corrected chi connectivity index (χ0v) is 18.8. The Labute approximate surface area is 190 Å². The van der Waals surface area contributed by atoms with Crippen molar-refractivity contribution in [3.8, 4) is 0 Å². The molecule has 3 amide bonds. The molecule has 1 aliphatic rings. The van der Waals surface area contributed by atoms with Crippen LogP contribution < -0.4 is 10.6 Å². The molecule has 1 aliphatic heterocycles. The van der Waals surface area contributed by atoms with Gasteiger partial charge in [-0.3, -0.25) is 19.1 Å². The number of thiophene rings is 1. The van der Waals surface area contributed by atoms with Crippen LogP contribution in [0, 0.1) is 0 Å². The predicted molar refractivity (Wildman–Crippen MR) is 121 cm³/mol. The minimum absolute atomic E-state index is 0.160. The van der Waals surface area contributed by atoms with Crippen LogP contribution in [-0.2, 0) is 24.3 Å². The monoisotopic (exact) mass is 451 g/mol. The van der Waals surface area contributed by atoms with Crippen LogP contribution in [-0.4, -0.2) is 51.5 Å². The van der Waals surface area contributed by atoms with Gasteiger partial charge in [0.2, 0.25) is 5.91 Å². The predicted octanol–water partition coefficient (Wildman–Crippen LogP) is 2.08. The maximum absolute atomic E-state index is 13.0. The Bertz CT molecular complexity index is 1130. The van der Waals surface area contributed by atoms with Crippen LogP contribution in [0.1, 0.15) is 38.3 Å². The fourth-order valence-corrected chi connectivity index (χ4v) is 4.36. The van der Waals surface area contributed by atoms with E-state index in [9.17, 15) is 14.4 Å². The number of fused-ring (bicyclic) bond motifs is 1. The van der Waals surface area contributed by atoms with Gasteiger partial charge in [0.15, 0.2) is 5.69 Å². The average molecular weight is 452 g/mol.